The monoisotopic (exact) mass is 268 g/mol. The number of nitrogens with zero attached hydrogens (tertiary/aromatic N) is 5. The first-order chi connectivity index (χ1) is 9.63. The van der Waals surface area contributed by atoms with Crippen molar-refractivity contribution in [1.29, 1.82) is 0 Å². The van der Waals surface area contributed by atoms with E-state index >= 15 is 0 Å². The Bertz CT molecular complexity index is 731. The zero-order chi connectivity index (χ0) is 14.1. The first kappa shape index (κ1) is 12.4. The second kappa shape index (κ2) is 4.80. The van der Waals surface area contributed by atoms with Crippen molar-refractivity contribution in [2.75, 3.05) is 17.7 Å². The predicted molar refractivity (Wildman–Crippen MR) is 78.5 cm³/mol. The lowest BCUT2D eigenvalue weighted by Crippen LogP contribution is -2.20. The largest absolute Gasteiger partial charge is 0.399 e. The van der Waals surface area contributed by atoms with Gasteiger partial charge in [0.05, 0.1) is 0 Å². The third kappa shape index (κ3) is 2.27. The third-order valence-electron chi connectivity index (χ3n) is 3.15. The highest BCUT2D eigenvalue weighted by molar-refractivity contribution is 5.47. The Morgan fingerprint density at radius 2 is 2.00 bits per heavy atom. The van der Waals surface area contributed by atoms with Gasteiger partial charge in [-0.3, -0.25) is 0 Å². The van der Waals surface area contributed by atoms with Crippen LogP contribution in [0.2, 0.25) is 0 Å². The molecule has 0 saturated carbocycles. The van der Waals surface area contributed by atoms with E-state index in [-0.39, 0.29) is 0 Å². The SMILES string of the molecule is Cc1cc(N(C)Cc2ccc(N)cc2)n2ncnc2n1. The summed E-state index contributed by atoms with van der Waals surface area (Å²) in [5, 5.41) is 4.22. The maximum absolute atomic E-state index is 5.70. The smallest absolute Gasteiger partial charge is 0.254 e. The summed E-state index contributed by atoms with van der Waals surface area (Å²) < 4.78 is 1.74. The lowest BCUT2D eigenvalue weighted by Gasteiger charge is -2.20. The van der Waals surface area contributed by atoms with Crippen molar-refractivity contribution in [3.8, 4) is 0 Å². The molecule has 20 heavy (non-hydrogen) atoms. The number of rotatable bonds is 3. The number of anilines is 2. The van der Waals surface area contributed by atoms with E-state index in [2.05, 4.69) is 20.0 Å². The van der Waals surface area contributed by atoms with Crippen molar-refractivity contribution in [3.63, 3.8) is 0 Å². The molecule has 0 unspecified atom stereocenters. The Morgan fingerprint density at radius 3 is 2.75 bits per heavy atom. The van der Waals surface area contributed by atoms with Crippen LogP contribution in [0.4, 0.5) is 11.5 Å². The molecule has 0 aliphatic rings. The van der Waals surface area contributed by atoms with E-state index in [9.17, 15) is 0 Å². The van der Waals surface area contributed by atoms with E-state index in [1.807, 2.05) is 44.3 Å². The van der Waals surface area contributed by atoms with E-state index in [1.165, 1.54) is 11.9 Å². The summed E-state index contributed by atoms with van der Waals surface area (Å²) in [6, 6.07) is 9.87. The zero-order valence-electron chi connectivity index (χ0n) is 11.5. The van der Waals surface area contributed by atoms with Gasteiger partial charge in [0.25, 0.3) is 5.78 Å². The van der Waals surface area contributed by atoms with Crippen LogP contribution in [0, 0.1) is 6.92 Å². The molecule has 0 atom stereocenters. The Kier molecular flexibility index (Phi) is 2.98. The van der Waals surface area contributed by atoms with Crippen LogP contribution in [-0.2, 0) is 6.54 Å². The number of aryl methyl sites for hydroxylation is 1. The van der Waals surface area contributed by atoms with Gasteiger partial charge in [-0.1, -0.05) is 12.1 Å². The quantitative estimate of drug-likeness (QED) is 0.731. The number of nitrogen functional groups attached to an aromatic ring is 1. The van der Waals surface area contributed by atoms with E-state index in [4.69, 9.17) is 5.73 Å². The van der Waals surface area contributed by atoms with Crippen LogP contribution in [0.3, 0.4) is 0 Å². The summed E-state index contributed by atoms with van der Waals surface area (Å²) in [4.78, 5) is 10.6. The van der Waals surface area contributed by atoms with Gasteiger partial charge in [0.15, 0.2) is 0 Å². The number of fused-ring (bicyclic) bond motifs is 1. The van der Waals surface area contributed by atoms with Crippen molar-refractivity contribution in [1.82, 2.24) is 19.6 Å². The molecule has 6 nitrogen and oxygen atoms in total. The molecular formula is C14H16N6. The highest BCUT2D eigenvalue weighted by Crippen LogP contribution is 2.17. The molecule has 0 aliphatic heterocycles. The van der Waals surface area contributed by atoms with Gasteiger partial charge < -0.3 is 10.6 Å². The van der Waals surface area contributed by atoms with Gasteiger partial charge in [-0.15, -0.1) is 0 Å². The lowest BCUT2D eigenvalue weighted by atomic mass is 10.2. The molecule has 2 aromatic heterocycles. The third-order valence-corrected chi connectivity index (χ3v) is 3.15. The number of nitrogens with two attached hydrogens (primary N) is 1. The number of aromatic nitrogens is 4. The fourth-order valence-electron chi connectivity index (χ4n) is 2.16. The minimum atomic E-state index is 0.615. The van der Waals surface area contributed by atoms with Crippen LogP contribution in [0.5, 0.6) is 0 Å². The van der Waals surface area contributed by atoms with Crippen LogP contribution < -0.4 is 10.6 Å². The molecule has 0 fully saturated rings. The van der Waals surface area contributed by atoms with Crippen molar-refractivity contribution in [2.24, 2.45) is 0 Å². The molecule has 0 spiro atoms. The molecule has 0 bridgehead atoms. The minimum Gasteiger partial charge on any atom is -0.399 e. The van der Waals surface area contributed by atoms with Gasteiger partial charge in [-0.25, -0.2) is 4.98 Å². The fourth-order valence-corrected chi connectivity index (χ4v) is 2.16. The number of benzene rings is 1. The van der Waals surface area contributed by atoms with Gasteiger partial charge in [-0.05, 0) is 24.6 Å². The zero-order valence-corrected chi connectivity index (χ0v) is 11.5. The Hall–Kier alpha value is -2.63. The van der Waals surface area contributed by atoms with Crippen LogP contribution in [0.25, 0.3) is 5.78 Å². The topological polar surface area (TPSA) is 72.3 Å². The molecule has 2 heterocycles. The van der Waals surface area contributed by atoms with Crippen LogP contribution in [-0.4, -0.2) is 26.6 Å². The van der Waals surface area contributed by atoms with E-state index < -0.39 is 0 Å². The average Bonchev–Trinajstić information content (AvgIpc) is 2.88. The van der Waals surface area contributed by atoms with Crippen molar-refractivity contribution < 1.29 is 0 Å². The van der Waals surface area contributed by atoms with E-state index in [1.54, 1.807) is 4.52 Å². The van der Waals surface area contributed by atoms with E-state index in [0.29, 0.717) is 5.78 Å². The second-order valence-electron chi connectivity index (χ2n) is 4.83. The Balaban J connectivity index is 1.93. The molecule has 1 aromatic carbocycles. The Labute approximate surface area is 116 Å². The van der Waals surface area contributed by atoms with Gasteiger partial charge in [0, 0.05) is 31.0 Å². The van der Waals surface area contributed by atoms with Crippen molar-refractivity contribution in [2.45, 2.75) is 13.5 Å². The molecule has 0 radical (unpaired) electrons. The summed E-state index contributed by atoms with van der Waals surface area (Å²) in [6.45, 7) is 2.72. The second-order valence-corrected chi connectivity index (χ2v) is 4.83. The standard InChI is InChI=1S/C14H16N6/c1-10-7-13(20-14(18-10)16-9-17-20)19(2)8-11-3-5-12(15)6-4-11/h3-7,9H,8,15H2,1-2H3. The molecule has 6 heteroatoms. The molecule has 3 rings (SSSR count). The van der Waals surface area contributed by atoms with Gasteiger partial charge in [0.2, 0.25) is 0 Å². The van der Waals surface area contributed by atoms with Crippen molar-refractivity contribution >= 4 is 17.3 Å². The molecule has 102 valence electrons. The van der Waals surface area contributed by atoms with Crippen LogP contribution in [0.15, 0.2) is 36.7 Å². The molecular weight excluding hydrogens is 252 g/mol. The minimum absolute atomic E-state index is 0.615. The highest BCUT2D eigenvalue weighted by atomic mass is 15.4. The summed E-state index contributed by atoms with van der Waals surface area (Å²) in [5.74, 6) is 1.57. The maximum Gasteiger partial charge on any atom is 0.254 e. The highest BCUT2D eigenvalue weighted by Gasteiger charge is 2.10. The van der Waals surface area contributed by atoms with Crippen molar-refractivity contribution in [3.05, 3.63) is 47.9 Å². The molecule has 2 N–H and O–H groups in total. The number of hydrogen-bond acceptors (Lipinski definition) is 5. The van der Waals surface area contributed by atoms with Crippen LogP contribution >= 0.6 is 0 Å². The Morgan fingerprint density at radius 1 is 1.25 bits per heavy atom. The first-order valence-electron chi connectivity index (χ1n) is 6.36. The van der Waals surface area contributed by atoms with Gasteiger partial charge in [-0.2, -0.15) is 14.6 Å². The molecule has 3 aromatic rings. The summed E-state index contributed by atoms with van der Waals surface area (Å²) >= 11 is 0. The summed E-state index contributed by atoms with van der Waals surface area (Å²) in [7, 11) is 2.02. The average molecular weight is 268 g/mol. The van der Waals surface area contributed by atoms with E-state index in [0.717, 1.165) is 23.7 Å². The lowest BCUT2D eigenvalue weighted by molar-refractivity contribution is 0.827. The number of hydrogen-bond donors (Lipinski definition) is 1. The first-order valence-corrected chi connectivity index (χ1v) is 6.36. The maximum atomic E-state index is 5.70. The molecule has 0 amide bonds. The normalized spacial score (nSPS) is 10.9. The van der Waals surface area contributed by atoms with Gasteiger partial charge in [0.1, 0.15) is 12.1 Å². The fraction of sp³-hybridized carbons (Fsp3) is 0.214. The summed E-state index contributed by atoms with van der Waals surface area (Å²) in [5.41, 5.74) is 8.58. The predicted octanol–water partition coefficient (Wildman–Crippen LogP) is 1.65. The van der Waals surface area contributed by atoms with Gasteiger partial charge >= 0.3 is 0 Å². The molecule has 0 saturated heterocycles. The van der Waals surface area contributed by atoms with Crippen LogP contribution in [0.1, 0.15) is 11.3 Å². The molecule has 0 aliphatic carbocycles. The summed E-state index contributed by atoms with van der Waals surface area (Å²) in [6.07, 6.45) is 1.52.